The molecule has 2 aromatic rings. The van der Waals surface area contributed by atoms with Crippen molar-refractivity contribution in [2.75, 3.05) is 14.1 Å². The maximum Gasteiger partial charge on any atom is 0.228 e. The van der Waals surface area contributed by atoms with E-state index < -0.39 is 0 Å². The van der Waals surface area contributed by atoms with Crippen LogP contribution in [0.4, 0.5) is 0 Å². The van der Waals surface area contributed by atoms with Gasteiger partial charge in [0.05, 0.1) is 13.1 Å². The summed E-state index contributed by atoms with van der Waals surface area (Å²) in [6.45, 7) is 8.23. The zero-order valence-electron chi connectivity index (χ0n) is 23.5. The molecule has 2 aromatic heterocycles. The molecule has 0 radical (unpaired) electrons. The first-order chi connectivity index (χ1) is 17.6. The van der Waals surface area contributed by atoms with Gasteiger partial charge in [0, 0.05) is 34.7 Å². The first-order valence-corrected chi connectivity index (χ1v) is 15.9. The maximum atomic E-state index is 13.0. The van der Waals surface area contributed by atoms with E-state index in [4.69, 9.17) is 0 Å². The Labute approximate surface area is 232 Å². The second kappa shape index (κ2) is 12.0. The Balaban J connectivity index is 0.000000176. The van der Waals surface area contributed by atoms with E-state index in [2.05, 4.69) is 49.7 Å². The van der Waals surface area contributed by atoms with Crippen molar-refractivity contribution in [2.45, 2.75) is 91.6 Å². The predicted molar refractivity (Wildman–Crippen MR) is 155 cm³/mol. The molecular weight excluding hydrogens is 496 g/mol. The van der Waals surface area contributed by atoms with E-state index in [1.165, 1.54) is 48.3 Å². The van der Waals surface area contributed by atoms with Gasteiger partial charge in [-0.2, -0.15) is 0 Å². The van der Waals surface area contributed by atoms with E-state index in [1.54, 1.807) is 22.7 Å². The number of carbonyl (C=O) groups excluding carboxylic acids is 2. The fourth-order valence-corrected chi connectivity index (χ4v) is 8.83. The van der Waals surface area contributed by atoms with Crippen LogP contribution in [-0.4, -0.2) is 35.7 Å². The number of thiophene rings is 2. The molecule has 6 heteroatoms. The number of hydrogen-bond donors (Lipinski definition) is 0. The smallest absolute Gasteiger partial charge is 0.228 e. The molecule has 2 amide bonds. The van der Waals surface area contributed by atoms with Crippen molar-refractivity contribution in [1.29, 1.82) is 0 Å². The average Bonchev–Trinajstić information content (AvgIpc) is 3.62. The van der Waals surface area contributed by atoms with E-state index in [9.17, 15) is 9.59 Å². The molecule has 4 nitrogen and oxygen atoms in total. The molecule has 0 aliphatic heterocycles. The molecule has 37 heavy (non-hydrogen) atoms. The topological polar surface area (TPSA) is 40.6 Å². The third kappa shape index (κ3) is 6.68. The highest BCUT2D eigenvalue weighted by Crippen LogP contribution is 2.55. The van der Waals surface area contributed by atoms with Gasteiger partial charge in [-0.15, -0.1) is 22.7 Å². The van der Waals surface area contributed by atoms with Gasteiger partial charge in [-0.3, -0.25) is 9.59 Å². The predicted octanol–water partition coefficient (Wildman–Crippen LogP) is 7.85. The Hall–Kier alpha value is -1.66. The van der Waals surface area contributed by atoms with Gasteiger partial charge in [-0.05, 0) is 79.2 Å². The standard InChI is InChI=1S/C17H25NOS.C14H21NOS/c1-12-7-13-9-14(8-12)17(2,10-13)16(19)18(3)11-15-5-4-6-20-15;1-14(8-4-3-5-9-14)13(16)15(2)11-12-7-6-10-17-12/h4-6,12-14H,7-11H2,1-3H3;6-7,10H,3-5,8-9,11H2,1-2H3. The molecule has 3 fully saturated rings. The van der Waals surface area contributed by atoms with Gasteiger partial charge < -0.3 is 9.80 Å². The first kappa shape index (κ1) is 28.4. The van der Waals surface area contributed by atoms with E-state index in [-0.39, 0.29) is 10.8 Å². The number of carbonyl (C=O) groups is 2. The Morgan fingerprint density at radius 2 is 1.43 bits per heavy atom. The summed E-state index contributed by atoms with van der Waals surface area (Å²) in [5.74, 6) is 2.89. The van der Waals surface area contributed by atoms with Crippen molar-refractivity contribution >= 4 is 34.5 Å². The Morgan fingerprint density at radius 3 is 1.97 bits per heavy atom. The largest absolute Gasteiger partial charge is 0.340 e. The van der Waals surface area contributed by atoms with Gasteiger partial charge >= 0.3 is 0 Å². The number of rotatable bonds is 6. The summed E-state index contributed by atoms with van der Waals surface area (Å²) in [6.07, 6.45) is 10.8. The molecule has 5 rings (SSSR count). The number of hydrogen-bond acceptors (Lipinski definition) is 4. The van der Waals surface area contributed by atoms with Crippen molar-refractivity contribution in [2.24, 2.45) is 28.6 Å². The quantitative estimate of drug-likeness (QED) is 0.373. The van der Waals surface area contributed by atoms with E-state index in [0.29, 0.717) is 17.7 Å². The van der Waals surface area contributed by atoms with Gasteiger partial charge in [0.1, 0.15) is 0 Å². The van der Waals surface area contributed by atoms with Crippen molar-refractivity contribution in [3.8, 4) is 0 Å². The van der Waals surface area contributed by atoms with Crippen molar-refractivity contribution in [3.05, 3.63) is 44.8 Å². The Morgan fingerprint density at radius 1 is 0.865 bits per heavy atom. The highest BCUT2D eigenvalue weighted by atomic mass is 32.1. The second-order valence-electron chi connectivity index (χ2n) is 12.6. The Bertz CT molecular complexity index is 1010. The zero-order chi connectivity index (χ0) is 26.6. The number of amides is 2. The lowest BCUT2D eigenvalue weighted by Gasteiger charge is -2.35. The van der Waals surface area contributed by atoms with Gasteiger partial charge in [0.15, 0.2) is 0 Å². The van der Waals surface area contributed by atoms with Crippen molar-refractivity contribution in [3.63, 3.8) is 0 Å². The van der Waals surface area contributed by atoms with Crippen LogP contribution in [0.3, 0.4) is 0 Å². The van der Waals surface area contributed by atoms with Crippen molar-refractivity contribution < 1.29 is 9.59 Å². The minimum Gasteiger partial charge on any atom is -0.340 e. The summed E-state index contributed by atoms with van der Waals surface area (Å²) in [5, 5.41) is 4.15. The van der Waals surface area contributed by atoms with Gasteiger partial charge in [0.25, 0.3) is 0 Å². The van der Waals surface area contributed by atoms with Crippen LogP contribution < -0.4 is 0 Å². The highest BCUT2D eigenvalue weighted by molar-refractivity contribution is 7.10. The zero-order valence-corrected chi connectivity index (χ0v) is 25.1. The highest BCUT2D eigenvalue weighted by Gasteiger charge is 2.52. The minimum absolute atomic E-state index is 0.107. The molecule has 0 aromatic carbocycles. The average molecular weight is 543 g/mol. The third-order valence-corrected chi connectivity index (χ3v) is 11.0. The molecule has 4 unspecified atom stereocenters. The second-order valence-corrected chi connectivity index (χ2v) is 14.7. The SMILES string of the molecule is CC1CC2CC(C1)C(C)(C(=O)N(C)Cc1cccs1)C2.CN(Cc1cccs1)C(=O)C1(C)CCCCC1. The molecule has 4 atom stereocenters. The van der Waals surface area contributed by atoms with Gasteiger partial charge in [-0.1, -0.05) is 52.2 Å². The molecule has 0 saturated heterocycles. The summed E-state index contributed by atoms with van der Waals surface area (Å²) < 4.78 is 0. The fraction of sp³-hybridized carbons (Fsp3) is 0.677. The van der Waals surface area contributed by atoms with Crippen LogP contribution >= 0.6 is 22.7 Å². The summed E-state index contributed by atoms with van der Waals surface area (Å²) in [4.78, 5) is 31.8. The van der Waals surface area contributed by atoms with Crippen LogP contribution in [0.1, 0.15) is 88.3 Å². The number of nitrogens with zero attached hydrogens (tertiary/aromatic N) is 2. The first-order valence-electron chi connectivity index (χ1n) is 14.2. The van der Waals surface area contributed by atoms with Crippen LogP contribution in [0.25, 0.3) is 0 Å². The molecule has 3 aliphatic carbocycles. The molecule has 2 bridgehead atoms. The van der Waals surface area contributed by atoms with Crippen LogP contribution in [0.15, 0.2) is 35.0 Å². The van der Waals surface area contributed by atoms with Crippen LogP contribution in [0.2, 0.25) is 0 Å². The lowest BCUT2D eigenvalue weighted by Crippen LogP contribution is -2.42. The summed E-state index contributed by atoms with van der Waals surface area (Å²) in [5.41, 5.74) is -0.217. The summed E-state index contributed by atoms with van der Waals surface area (Å²) >= 11 is 3.46. The molecule has 0 spiro atoms. The van der Waals surface area contributed by atoms with Crippen molar-refractivity contribution in [1.82, 2.24) is 9.80 Å². The monoisotopic (exact) mass is 542 g/mol. The van der Waals surface area contributed by atoms with Gasteiger partial charge in [0.2, 0.25) is 11.8 Å². The van der Waals surface area contributed by atoms with Crippen LogP contribution in [-0.2, 0) is 22.7 Å². The van der Waals surface area contributed by atoms with E-state index in [0.717, 1.165) is 44.2 Å². The summed E-state index contributed by atoms with van der Waals surface area (Å²) in [7, 11) is 3.90. The van der Waals surface area contributed by atoms with Crippen LogP contribution in [0, 0.1) is 28.6 Å². The normalized spacial score (nSPS) is 28.2. The molecular formula is C31H46N2O2S2. The summed E-state index contributed by atoms with van der Waals surface area (Å²) in [6, 6.07) is 8.31. The van der Waals surface area contributed by atoms with Crippen LogP contribution in [0.5, 0.6) is 0 Å². The molecule has 3 saturated carbocycles. The Kier molecular flexibility index (Phi) is 9.21. The fourth-order valence-electron chi connectivity index (χ4n) is 7.32. The molecule has 0 N–H and O–H groups in total. The van der Waals surface area contributed by atoms with E-state index in [1.807, 2.05) is 30.0 Å². The lowest BCUT2D eigenvalue weighted by molar-refractivity contribution is -0.143. The van der Waals surface area contributed by atoms with Gasteiger partial charge in [-0.25, -0.2) is 0 Å². The lowest BCUT2D eigenvalue weighted by atomic mass is 9.74. The maximum absolute atomic E-state index is 13.0. The third-order valence-electron chi connectivity index (χ3n) is 9.26. The molecule has 204 valence electrons. The molecule has 2 heterocycles. The minimum atomic E-state index is -0.110. The van der Waals surface area contributed by atoms with E-state index >= 15 is 0 Å². The number of fused-ring (bicyclic) bond motifs is 2. The molecule has 3 aliphatic rings.